The van der Waals surface area contributed by atoms with Crippen LogP contribution in [0.1, 0.15) is 48.9 Å². The van der Waals surface area contributed by atoms with Gasteiger partial charge in [0.2, 0.25) is 5.91 Å². The highest BCUT2D eigenvalue weighted by atomic mass is 32.2. The number of thiophene rings is 1. The summed E-state index contributed by atoms with van der Waals surface area (Å²) >= 11 is 1.25. The van der Waals surface area contributed by atoms with Crippen LogP contribution < -0.4 is 5.32 Å². The monoisotopic (exact) mass is 488 g/mol. The molecule has 1 aromatic carbocycles. The summed E-state index contributed by atoms with van der Waals surface area (Å²) in [5.41, 5.74) is 2.12. The van der Waals surface area contributed by atoms with Crippen molar-refractivity contribution in [1.82, 2.24) is 14.4 Å². The molecule has 1 saturated heterocycles. The Morgan fingerprint density at radius 1 is 1.24 bits per heavy atom. The molecule has 176 valence electrons. The van der Waals surface area contributed by atoms with E-state index < -0.39 is 15.9 Å². The van der Waals surface area contributed by atoms with E-state index in [-0.39, 0.29) is 18.4 Å². The van der Waals surface area contributed by atoms with Crippen molar-refractivity contribution >= 4 is 33.0 Å². The number of nitrogens with one attached hydrogen (secondary N) is 1. The molecule has 0 aliphatic carbocycles. The minimum Gasteiger partial charge on any atom is -0.334 e. The van der Waals surface area contributed by atoms with Crippen molar-refractivity contribution in [2.24, 2.45) is 5.92 Å². The first-order chi connectivity index (χ1) is 15.7. The molecule has 1 atom stereocenters. The molecule has 4 rings (SSSR count). The van der Waals surface area contributed by atoms with Crippen LogP contribution in [0.15, 0.2) is 39.1 Å². The van der Waals surface area contributed by atoms with Crippen LogP contribution in [0.4, 0.5) is 5.69 Å². The average molecular weight is 489 g/mol. The Morgan fingerprint density at radius 3 is 2.70 bits per heavy atom. The molecular weight excluding hydrogens is 460 g/mol. The van der Waals surface area contributed by atoms with Gasteiger partial charge >= 0.3 is 0 Å². The summed E-state index contributed by atoms with van der Waals surface area (Å²) in [6.45, 7) is 8.31. The number of anilines is 1. The predicted molar refractivity (Wildman–Crippen MR) is 128 cm³/mol. The first kappa shape index (κ1) is 23.6. The maximum absolute atomic E-state index is 13.2. The van der Waals surface area contributed by atoms with Gasteiger partial charge in [-0.1, -0.05) is 31.1 Å². The molecule has 1 fully saturated rings. The van der Waals surface area contributed by atoms with Gasteiger partial charge in [0.25, 0.3) is 15.9 Å². The standard InChI is InChI=1S/C23H28N4O4S2/c1-14(2)21-25-23(31-26-21)18-9-5-7-15(3)20(18)24-22(28)17-8-6-12-27(13-17)33(29,30)19-11-10-16(4)32-19/h5,7,9-11,14,17H,6,8,12-13H2,1-4H3,(H,24,28). The quantitative estimate of drug-likeness (QED) is 0.545. The molecule has 0 spiro atoms. The lowest BCUT2D eigenvalue weighted by atomic mass is 9.98. The molecule has 0 radical (unpaired) electrons. The van der Waals surface area contributed by atoms with E-state index >= 15 is 0 Å². The molecule has 3 aromatic rings. The van der Waals surface area contributed by atoms with Gasteiger partial charge < -0.3 is 9.84 Å². The number of piperidine rings is 1. The number of carbonyl (C=O) groups excluding carboxylic acids is 1. The summed E-state index contributed by atoms with van der Waals surface area (Å²) in [7, 11) is -3.61. The van der Waals surface area contributed by atoms with Crippen molar-refractivity contribution in [2.45, 2.75) is 50.7 Å². The second kappa shape index (κ2) is 9.36. The van der Waals surface area contributed by atoms with Gasteiger partial charge in [-0.05, 0) is 50.5 Å². The van der Waals surface area contributed by atoms with Gasteiger partial charge in [0.15, 0.2) is 5.82 Å². The van der Waals surface area contributed by atoms with E-state index in [0.29, 0.717) is 46.6 Å². The van der Waals surface area contributed by atoms with E-state index in [0.717, 1.165) is 10.4 Å². The van der Waals surface area contributed by atoms with Gasteiger partial charge in [0.1, 0.15) is 4.21 Å². The molecule has 3 heterocycles. The molecule has 0 bridgehead atoms. The van der Waals surface area contributed by atoms with Crippen LogP contribution in [-0.2, 0) is 14.8 Å². The largest absolute Gasteiger partial charge is 0.334 e. The highest BCUT2D eigenvalue weighted by molar-refractivity contribution is 7.91. The number of sulfonamides is 1. The minimum atomic E-state index is -3.61. The molecule has 1 amide bonds. The van der Waals surface area contributed by atoms with Crippen LogP contribution in [0.3, 0.4) is 0 Å². The third-order valence-electron chi connectivity index (χ3n) is 5.77. The second-order valence-corrected chi connectivity index (χ2v) is 12.1. The van der Waals surface area contributed by atoms with Crippen LogP contribution >= 0.6 is 11.3 Å². The number of carbonyl (C=O) groups is 1. The van der Waals surface area contributed by atoms with Crippen molar-refractivity contribution in [3.8, 4) is 11.5 Å². The maximum atomic E-state index is 13.2. The zero-order valence-electron chi connectivity index (χ0n) is 19.2. The number of aromatic nitrogens is 2. The Labute approximate surface area is 198 Å². The van der Waals surface area contributed by atoms with Crippen molar-refractivity contribution < 1.29 is 17.7 Å². The van der Waals surface area contributed by atoms with Crippen molar-refractivity contribution in [1.29, 1.82) is 0 Å². The lowest BCUT2D eigenvalue weighted by Gasteiger charge is -2.31. The topological polar surface area (TPSA) is 105 Å². The summed E-state index contributed by atoms with van der Waals surface area (Å²) < 4.78 is 33.3. The number of hydrogen-bond acceptors (Lipinski definition) is 7. The van der Waals surface area contributed by atoms with E-state index in [2.05, 4.69) is 15.5 Å². The van der Waals surface area contributed by atoms with Gasteiger partial charge in [-0.25, -0.2) is 8.42 Å². The summed E-state index contributed by atoms with van der Waals surface area (Å²) in [5.74, 6) is 0.402. The summed E-state index contributed by atoms with van der Waals surface area (Å²) in [5, 5.41) is 7.04. The Balaban J connectivity index is 1.55. The van der Waals surface area contributed by atoms with Crippen molar-refractivity contribution in [3.63, 3.8) is 0 Å². The Hall–Kier alpha value is -2.56. The number of benzene rings is 1. The average Bonchev–Trinajstić information content (AvgIpc) is 3.45. The lowest BCUT2D eigenvalue weighted by Crippen LogP contribution is -2.43. The Bertz CT molecular complexity index is 1260. The number of para-hydroxylation sites is 1. The zero-order chi connectivity index (χ0) is 23.8. The minimum absolute atomic E-state index is 0.118. The first-order valence-electron chi connectivity index (χ1n) is 11.0. The van der Waals surface area contributed by atoms with Crippen molar-refractivity contribution in [3.05, 3.63) is 46.6 Å². The molecule has 8 nitrogen and oxygen atoms in total. The number of aryl methyl sites for hydroxylation is 2. The third kappa shape index (κ3) is 4.87. The van der Waals surface area contributed by atoms with Gasteiger partial charge in [0, 0.05) is 23.9 Å². The van der Waals surface area contributed by atoms with Crippen LogP contribution in [0.25, 0.3) is 11.5 Å². The summed E-state index contributed by atoms with van der Waals surface area (Å²) in [4.78, 5) is 18.6. The summed E-state index contributed by atoms with van der Waals surface area (Å²) in [6, 6.07) is 9.03. The fourth-order valence-corrected chi connectivity index (χ4v) is 6.83. The van der Waals surface area contributed by atoms with Gasteiger partial charge in [-0.2, -0.15) is 9.29 Å². The van der Waals surface area contributed by atoms with Crippen LogP contribution in [0.5, 0.6) is 0 Å². The highest BCUT2D eigenvalue weighted by Gasteiger charge is 2.34. The van der Waals surface area contributed by atoms with Gasteiger partial charge in [-0.15, -0.1) is 11.3 Å². The fraction of sp³-hybridized carbons (Fsp3) is 0.435. The third-order valence-corrected chi connectivity index (χ3v) is 9.11. The van der Waals surface area contributed by atoms with Crippen molar-refractivity contribution in [2.75, 3.05) is 18.4 Å². The molecule has 33 heavy (non-hydrogen) atoms. The molecule has 1 aliphatic heterocycles. The van der Waals surface area contributed by atoms with E-state index in [9.17, 15) is 13.2 Å². The first-order valence-corrected chi connectivity index (χ1v) is 13.2. The Morgan fingerprint density at radius 2 is 2.03 bits per heavy atom. The molecule has 0 saturated carbocycles. The van der Waals surface area contributed by atoms with E-state index in [1.807, 2.05) is 45.9 Å². The number of nitrogens with zero attached hydrogens (tertiary/aromatic N) is 3. The molecule has 2 aromatic heterocycles. The molecular formula is C23H28N4O4S2. The van der Waals surface area contributed by atoms with E-state index in [1.165, 1.54) is 15.6 Å². The highest BCUT2D eigenvalue weighted by Crippen LogP contribution is 2.33. The molecule has 1 N–H and O–H groups in total. The smallest absolute Gasteiger partial charge is 0.260 e. The maximum Gasteiger partial charge on any atom is 0.260 e. The SMILES string of the molecule is Cc1ccc(S(=O)(=O)N2CCCC(C(=O)Nc3c(C)cccc3-c3nc(C(C)C)no3)C2)s1. The molecule has 1 unspecified atom stereocenters. The van der Waals surface area contributed by atoms with E-state index in [1.54, 1.807) is 12.1 Å². The number of amides is 1. The van der Waals surface area contributed by atoms with Crippen LogP contribution in [0, 0.1) is 19.8 Å². The number of rotatable bonds is 6. The van der Waals surface area contributed by atoms with Crippen LogP contribution in [-0.4, -0.2) is 41.9 Å². The lowest BCUT2D eigenvalue weighted by molar-refractivity contribution is -0.120. The fourth-order valence-electron chi connectivity index (χ4n) is 3.87. The molecule has 1 aliphatic rings. The number of hydrogen-bond donors (Lipinski definition) is 1. The van der Waals surface area contributed by atoms with Gasteiger partial charge in [0.05, 0.1) is 17.2 Å². The Kier molecular flexibility index (Phi) is 6.69. The molecule has 10 heteroatoms. The predicted octanol–water partition coefficient (Wildman–Crippen LogP) is 4.58. The van der Waals surface area contributed by atoms with E-state index in [4.69, 9.17) is 4.52 Å². The van der Waals surface area contributed by atoms with Gasteiger partial charge in [-0.3, -0.25) is 4.79 Å². The second-order valence-electron chi connectivity index (χ2n) is 8.67. The van der Waals surface area contributed by atoms with Crippen LogP contribution in [0.2, 0.25) is 0 Å². The zero-order valence-corrected chi connectivity index (χ0v) is 20.8. The summed E-state index contributed by atoms with van der Waals surface area (Å²) in [6.07, 6.45) is 1.25. The normalized spacial score (nSPS) is 17.4.